The average Bonchev–Trinajstić information content (AvgIpc) is 2.95. The Bertz CT molecular complexity index is 1740. The number of allylic oxidation sites excluding steroid dienone is 3. The maximum absolute atomic E-state index is 13.9. The van der Waals surface area contributed by atoms with Gasteiger partial charge >= 0.3 is 0 Å². The summed E-state index contributed by atoms with van der Waals surface area (Å²) >= 11 is 3.41. The number of hydrogen-bond donors (Lipinski definition) is 1. The van der Waals surface area contributed by atoms with E-state index in [1.165, 1.54) is 6.07 Å². The van der Waals surface area contributed by atoms with Crippen LogP contribution in [-0.2, 0) is 11.4 Å². The van der Waals surface area contributed by atoms with Crippen molar-refractivity contribution in [2.45, 2.75) is 46.1 Å². The Morgan fingerprint density at radius 3 is 2.60 bits per heavy atom. The summed E-state index contributed by atoms with van der Waals surface area (Å²) in [5.41, 5.74) is 9.78. The highest BCUT2D eigenvalue weighted by atomic mass is 79.9. The third-order valence-corrected chi connectivity index (χ3v) is 8.19. The molecule has 11 heteroatoms. The van der Waals surface area contributed by atoms with Crippen molar-refractivity contribution in [2.24, 2.45) is 11.1 Å². The molecule has 0 amide bonds. The number of nitriles is 1. The fourth-order valence-corrected chi connectivity index (χ4v) is 6.01. The van der Waals surface area contributed by atoms with Crippen molar-refractivity contribution >= 4 is 33.2 Å². The maximum atomic E-state index is 13.9. The fraction of sp³-hybridized carbons (Fsp3) is 0.281. The Labute approximate surface area is 257 Å². The number of aromatic nitrogens is 1. The summed E-state index contributed by atoms with van der Waals surface area (Å²) in [6.45, 7) is 5.82. The van der Waals surface area contributed by atoms with Gasteiger partial charge in [0.05, 0.1) is 29.6 Å². The Morgan fingerprint density at radius 1 is 1.21 bits per heavy atom. The summed E-state index contributed by atoms with van der Waals surface area (Å²) in [6.07, 6.45) is 2.54. The number of halogens is 1. The SMILES string of the molecule is COc1ccc([C@H]2C(C#N)=C(N)N(c3ccc(Br)cn3)C3=C2C(=O)CC(C)(C)C3)cc1COc1ccc([N+](=O)[O-])c(C)c1. The predicted molar refractivity (Wildman–Crippen MR) is 164 cm³/mol. The molecule has 0 fully saturated rings. The van der Waals surface area contributed by atoms with Crippen LogP contribution < -0.4 is 20.1 Å². The topological polar surface area (TPSA) is 145 Å². The van der Waals surface area contributed by atoms with E-state index in [-0.39, 0.29) is 34.9 Å². The van der Waals surface area contributed by atoms with Gasteiger partial charge in [-0.05, 0) is 76.7 Å². The number of nitrogens with two attached hydrogens (primary N) is 1. The van der Waals surface area contributed by atoms with E-state index in [2.05, 4.69) is 27.0 Å². The predicted octanol–water partition coefficient (Wildman–Crippen LogP) is 6.59. The van der Waals surface area contributed by atoms with Crippen LogP contribution in [0.2, 0.25) is 0 Å². The van der Waals surface area contributed by atoms with E-state index in [0.29, 0.717) is 52.4 Å². The second-order valence-corrected chi connectivity index (χ2v) is 12.3. The molecule has 1 aliphatic heterocycles. The zero-order valence-electron chi connectivity index (χ0n) is 24.2. The Kier molecular flexibility index (Phi) is 7.99. The number of pyridine rings is 1. The molecule has 2 heterocycles. The van der Waals surface area contributed by atoms with Crippen LogP contribution in [0.15, 0.2) is 81.9 Å². The van der Waals surface area contributed by atoms with E-state index < -0.39 is 10.8 Å². The molecule has 43 heavy (non-hydrogen) atoms. The molecule has 1 aliphatic carbocycles. The maximum Gasteiger partial charge on any atom is 0.272 e. The van der Waals surface area contributed by atoms with Crippen molar-refractivity contribution in [3.63, 3.8) is 0 Å². The Morgan fingerprint density at radius 2 is 1.98 bits per heavy atom. The normalized spacial score (nSPS) is 17.8. The van der Waals surface area contributed by atoms with Gasteiger partial charge < -0.3 is 15.2 Å². The third-order valence-electron chi connectivity index (χ3n) is 7.72. The number of ketones is 1. The number of carbonyl (C=O) groups excluding carboxylic acids is 1. The van der Waals surface area contributed by atoms with Crippen molar-refractivity contribution in [3.05, 3.63) is 109 Å². The van der Waals surface area contributed by atoms with Crippen LogP contribution in [0, 0.1) is 33.8 Å². The summed E-state index contributed by atoms with van der Waals surface area (Å²) in [4.78, 5) is 30.9. The van der Waals surface area contributed by atoms with Crippen LogP contribution in [0.5, 0.6) is 11.5 Å². The summed E-state index contributed by atoms with van der Waals surface area (Å²) in [6, 6.07) is 16.0. The average molecular weight is 645 g/mol. The summed E-state index contributed by atoms with van der Waals surface area (Å²) in [5.74, 6) is 1.02. The van der Waals surface area contributed by atoms with Crippen LogP contribution >= 0.6 is 15.9 Å². The van der Waals surface area contributed by atoms with E-state index in [1.54, 1.807) is 49.4 Å². The number of methoxy groups -OCH3 is 1. The van der Waals surface area contributed by atoms with Gasteiger partial charge in [0.25, 0.3) is 5.69 Å². The quantitative estimate of drug-likeness (QED) is 0.222. The molecule has 2 aliphatic rings. The molecular formula is C32H30BrN5O5. The molecule has 0 radical (unpaired) electrons. The van der Waals surface area contributed by atoms with Crippen molar-refractivity contribution in [3.8, 4) is 17.6 Å². The van der Waals surface area contributed by atoms with Gasteiger partial charge in [-0.3, -0.25) is 19.8 Å². The van der Waals surface area contributed by atoms with Gasteiger partial charge in [-0.1, -0.05) is 19.9 Å². The molecule has 5 rings (SSSR count). The molecule has 1 aromatic heterocycles. The minimum absolute atomic E-state index is 0.00872. The largest absolute Gasteiger partial charge is 0.496 e. The number of carbonyl (C=O) groups is 1. The molecular weight excluding hydrogens is 614 g/mol. The number of rotatable bonds is 7. The molecule has 0 spiro atoms. The van der Waals surface area contributed by atoms with Gasteiger partial charge in [0, 0.05) is 45.6 Å². The number of aryl methyl sites for hydroxylation is 1. The number of benzene rings is 2. The molecule has 1 atom stereocenters. The number of nitro groups is 1. The molecule has 220 valence electrons. The van der Waals surface area contributed by atoms with Gasteiger partial charge in [0.2, 0.25) is 0 Å². The van der Waals surface area contributed by atoms with Gasteiger partial charge in [0.1, 0.15) is 29.7 Å². The monoisotopic (exact) mass is 643 g/mol. The van der Waals surface area contributed by atoms with Gasteiger partial charge in [-0.15, -0.1) is 0 Å². The molecule has 3 aromatic rings. The number of ether oxygens (including phenoxy) is 2. The van der Waals surface area contributed by atoms with Gasteiger partial charge in [-0.25, -0.2) is 4.98 Å². The van der Waals surface area contributed by atoms with Gasteiger partial charge in [0.15, 0.2) is 5.78 Å². The first-order valence-corrected chi connectivity index (χ1v) is 14.4. The van der Waals surface area contributed by atoms with E-state index in [9.17, 15) is 20.2 Å². The minimum atomic E-state index is -0.693. The summed E-state index contributed by atoms with van der Waals surface area (Å²) in [5, 5.41) is 21.6. The van der Waals surface area contributed by atoms with Crippen LogP contribution in [0.25, 0.3) is 0 Å². The van der Waals surface area contributed by atoms with E-state index in [1.807, 2.05) is 32.0 Å². The van der Waals surface area contributed by atoms with Crippen LogP contribution in [0.1, 0.15) is 49.3 Å². The fourth-order valence-electron chi connectivity index (χ4n) is 5.78. The molecule has 0 saturated carbocycles. The molecule has 10 nitrogen and oxygen atoms in total. The van der Waals surface area contributed by atoms with E-state index >= 15 is 0 Å². The van der Waals surface area contributed by atoms with Crippen molar-refractivity contribution in [2.75, 3.05) is 12.0 Å². The first-order chi connectivity index (χ1) is 20.4. The lowest BCUT2D eigenvalue weighted by molar-refractivity contribution is -0.385. The molecule has 0 saturated heterocycles. The zero-order valence-corrected chi connectivity index (χ0v) is 25.8. The number of hydrogen-bond acceptors (Lipinski definition) is 9. The lowest BCUT2D eigenvalue weighted by Gasteiger charge is -2.43. The number of Topliss-reactive ketones (excluding diaryl/α,β-unsaturated/α-hetero) is 1. The first-order valence-electron chi connectivity index (χ1n) is 13.6. The Balaban J connectivity index is 1.59. The second-order valence-electron chi connectivity index (χ2n) is 11.4. The third kappa shape index (κ3) is 5.70. The molecule has 0 unspecified atom stereocenters. The van der Waals surface area contributed by atoms with Crippen LogP contribution in [0.3, 0.4) is 0 Å². The first kappa shape index (κ1) is 29.8. The van der Waals surface area contributed by atoms with E-state index in [4.69, 9.17) is 15.2 Å². The second kappa shape index (κ2) is 11.5. The lowest BCUT2D eigenvalue weighted by Crippen LogP contribution is -2.42. The summed E-state index contributed by atoms with van der Waals surface area (Å²) < 4.78 is 12.4. The number of anilines is 1. The van der Waals surface area contributed by atoms with Crippen LogP contribution in [-0.4, -0.2) is 22.8 Å². The van der Waals surface area contributed by atoms with Crippen molar-refractivity contribution < 1.29 is 19.2 Å². The summed E-state index contributed by atoms with van der Waals surface area (Å²) in [7, 11) is 1.55. The van der Waals surface area contributed by atoms with Crippen molar-refractivity contribution in [1.29, 1.82) is 5.26 Å². The standard InChI is InChI=1S/C32H30BrN5O5/c1-18-11-22(7-8-24(18)38(40)41)43-17-20-12-19(5-9-27(20)42-4)29-23(15-34)31(35)37(28-10-6-21(33)16-36-28)25-13-32(2,3)14-26(39)30(25)29/h5-12,16,29H,13-14,17,35H2,1-4H3/t29-/m0/s1. The highest BCUT2D eigenvalue weighted by Crippen LogP contribution is 2.50. The minimum Gasteiger partial charge on any atom is -0.496 e. The van der Waals surface area contributed by atoms with Crippen molar-refractivity contribution in [1.82, 2.24) is 4.98 Å². The van der Waals surface area contributed by atoms with Gasteiger partial charge in [-0.2, -0.15) is 5.26 Å². The molecule has 2 aromatic carbocycles. The smallest absolute Gasteiger partial charge is 0.272 e. The van der Waals surface area contributed by atoms with E-state index in [0.717, 1.165) is 10.2 Å². The number of nitrogens with zero attached hydrogens (tertiary/aromatic N) is 4. The highest BCUT2D eigenvalue weighted by Gasteiger charge is 2.45. The Hall–Kier alpha value is -4.69. The number of nitro benzene ring substituents is 1. The van der Waals surface area contributed by atoms with Crippen LogP contribution in [0.4, 0.5) is 11.5 Å². The zero-order chi connectivity index (χ0) is 31.1. The molecule has 0 bridgehead atoms. The molecule has 2 N–H and O–H groups in total. The highest BCUT2D eigenvalue weighted by molar-refractivity contribution is 9.10. The lowest BCUT2D eigenvalue weighted by atomic mass is 9.68.